The van der Waals surface area contributed by atoms with Gasteiger partial charge in [0.15, 0.2) is 0 Å². The Kier molecular flexibility index (Phi) is 4.45. The lowest BCUT2D eigenvalue weighted by Crippen LogP contribution is -2.45. The standard InChI is InChI=1S/C6H11N3O4/c7-4(10)1-3(6(8)13)9-2-5(11)12/h3,9H,1-2H2,(H2,7,10)(H2,8,13)(H,11,12)/t3-/m0/s1. The van der Waals surface area contributed by atoms with Gasteiger partial charge in [0.25, 0.3) is 0 Å². The SMILES string of the molecule is NC(=O)C[C@H](NCC(=O)O)C(N)=O. The second-order valence-electron chi connectivity index (χ2n) is 2.40. The Labute approximate surface area is 74.1 Å². The molecule has 7 heteroatoms. The van der Waals surface area contributed by atoms with E-state index in [0.717, 1.165) is 0 Å². The van der Waals surface area contributed by atoms with Crippen LogP contribution in [0.1, 0.15) is 6.42 Å². The molecule has 0 aliphatic rings. The zero-order valence-corrected chi connectivity index (χ0v) is 6.82. The van der Waals surface area contributed by atoms with Crippen LogP contribution in [0.15, 0.2) is 0 Å². The number of rotatable bonds is 6. The number of carboxylic acid groups (broad SMARTS) is 1. The van der Waals surface area contributed by atoms with Gasteiger partial charge in [0.2, 0.25) is 11.8 Å². The molecule has 1 atom stereocenters. The Bertz CT molecular complexity index is 228. The molecule has 0 radical (unpaired) electrons. The van der Waals surface area contributed by atoms with E-state index in [1.165, 1.54) is 0 Å². The van der Waals surface area contributed by atoms with E-state index in [1.54, 1.807) is 0 Å². The monoisotopic (exact) mass is 189 g/mol. The number of primary amides is 2. The zero-order valence-electron chi connectivity index (χ0n) is 6.82. The Balaban J connectivity index is 4.02. The van der Waals surface area contributed by atoms with Crippen LogP contribution in [0.5, 0.6) is 0 Å². The first-order valence-electron chi connectivity index (χ1n) is 3.46. The van der Waals surface area contributed by atoms with Crippen LogP contribution in [0.25, 0.3) is 0 Å². The Hall–Kier alpha value is -1.63. The van der Waals surface area contributed by atoms with Crippen LogP contribution < -0.4 is 16.8 Å². The summed E-state index contributed by atoms with van der Waals surface area (Å²) in [6.45, 7) is -0.444. The number of hydrogen-bond donors (Lipinski definition) is 4. The molecule has 0 unspecified atom stereocenters. The van der Waals surface area contributed by atoms with Crippen LogP contribution in [0.3, 0.4) is 0 Å². The van der Waals surface area contributed by atoms with Crippen LogP contribution >= 0.6 is 0 Å². The van der Waals surface area contributed by atoms with Gasteiger partial charge in [0.1, 0.15) is 0 Å². The van der Waals surface area contributed by atoms with Crippen molar-refractivity contribution < 1.29 is 19.5 Å². The van der Waals surface area contributed by atoms with Gasteiger partial charge in [0.05, 0.1) is 19.0 Å². The van der Waals surface area contributed by atoms with Crippen molar-refractivity contribution in [2.45, 2.75) is 12.5 Å². The molecule has 0 aliphatic heterocycles. The summed E-state index contributed by atoms with van der Waals surface area (Å²) < 4.78 is 0. The van der Waals surface area contributed by atoms with Gasteiger partial charge in [-0.3, -0.25) is 19.7 Å². The molecule has 13 heavy (non-hydrogen) atoms. The summed E-state index contributed by atoms with van der Waals surface area (Å²) in [7, 11) is 0. The second-order valence-corrected chi connectivity index (χ2v) is 2.40. The number of amides is 2. The summed E-state index contributed by atoms with van der Waals surface area (Å²) in [5, 5.41) is 10.5. The lowest BCUT2D eigenvalue weighted by atomic mass is 10.2. The normalized spacial score (nSPS) is 12.0. The van der Waals surface area contributed by atoms with Gasteiger partial charge in [-0.25, -0.2) is 0 Å². The van der Waals surface area contributed by atoms with Gasteiger partial charge >= 0.3 is 5.97 Å². The third kappa shape index (κ3) is 5.62. The highest BCUT2D eigenvalue weighted by Gasteiger charge is 2.17. The topological polar surface area (TPSA) is 136 Å². The molecule has 0 bridgehead atoms. The zero-order chi connectivity index (χ0) is 10.4. The summed E-state index contributed by atoms with van der Waals surface area (Å²) in [5.41, 5.74) is 9.67. The fraction of sp³-hybridized carbons (Fsp3) is 0.500. The van der Waals surface area contributed by atoms with Crippen LogP contribution in [-0.4, -0.2) is 35.5 Å². The molecule has 0 heterocycles. The highest BCUT2D eigenvalue weighted by molar-refractivity contribution is 5.87. The Morgan fingerprint density at radius 1 is 1.31 bits per heavy atom. The first-order valence-corrected chi connectivity index (χ1v) is 3.46. The molecule has 0 aromatic heterocycles. The van der Waals surface area contributed by atoms with Crippen molar-refractivity contribution in [2.24, 2.45) is 11.5 Å². The average molecular weight is 189 g/mol. The number of carboxylic acids is 1. The maximum atomic E-state index is 10.6. The van der Waals surface area contributed by atoms with E-state index in [4.69, 9.17) is 16.6 Å². The van der Waals surface area contributed by atoms with Crippen molar-refractivity contribution in [3.05, 3.63) is 0 Å². The number of carbonyl (C=O) groups is 3. The number of nitrogens with one attached hydrogen (secondary N) is 1. The van der Waals surface area contributed by atoms with Crippen LogP contribution in [-0.2, 0) is 14.4 Å². The number of carbonyl (C=O) groups excluding carboxylic acids is 2. The summed E-state index contributed by atoms with van der Waals surface area (Å²) in [4.78, 5) is 31.1. The van der Waals surface area contributed by atoms with Crippen molar-refractivity contribution in [1.82, 2.24) is 5.32 Å². The predicted octanol–water partition coefficient (Wildman–Crippen LogP) is -2.61. The van der Waals surface area contributed by atoms with Crippen LogP contribution in [0, 0.1) is 0 Å². The molecule has 0 aromatic rings. The van der Waals surface area contributed by atoms with Crippen LogP contribution in [0.2, 0.25) is 0 Å². The molecule has 0 saturated carbocycles. The van der Waals surface area contributed by atoms with E-state index in [-0.39, 0.29) is 6.42 Å². The van der Waals surface area contributed by atoms with E-state index in [1.807, 2.05) is 0 Å². The lowest BCUT2D eigenvalue weighted by Gasteiger charge is -2.11. The fourth-order valence-electron chi connectivity index (χ4n) is 0.685. The smallest absolute Gasteiger partial charge is 0.317 e. The molecule has 0 saturated heterocycles. The number of hydrogen-bond acceptors (Lipinski definition) is 4. The van der Waals surface area contributed by atoms with E-state index in [0.29, 0.717) is 0 Å². The van der Waals surface area contributed by atoms with Crippen molar-refractivity contribution >= 4 is 17.8 Å². The summed E-state index contributed by atoms with van der Waals surface area (Å²) in [6.07, 6.45) is -0.303. The van der Waals surface area contributed by atoms with E-state index in [9.17, 15) is 14.4 Å². The van der Waals surface area contributed by atoms with Gasteiger partial charge < -0.3 is 16.6 Å². The summed E-state index contributed by atoms with van der Waals surface area (Å²) in [5.74, 6) is -2.67. The van der Waals surface area contributed by atoms with Gasteiger partial charge in [0, 0.05) is 0 Å². The molecule has 0 spiro atoms. The van der Waals surface area contributed by atoms with Gasteiger partial charge in [-0.05, 0) is 0 Å². The molecular weight excluding hydrogens is 178 g/mol. The molecule has 0 aliphatic carbocycles. The first kappa shape index (κ1) is 11.4. The fourth-order valence-corrected chi connectivity index (χ4v) is 0.685. The number of aliphatic carboxylic acids is 1. The van der Waals surface area contributed by atoms with Crippen molar-refractivity contribution in [3.63, 3.8) is 0 Å². The highest BCUT2D eigenvalue weighted by Crippen LogP contribution is 1.89. The minimum Gasteiger partial charge on any atom is -0.480 e. The third-order valence-corrected chi connectivity index (χ3v) is 1.25. The molecule has 7 nitrogen and oxygen atoms in total. The minimum absolute atomic E-state index is 0.303. The predicted molar refractivity (Wildman–Crippen MR) is 42.4 cm³/mol. The second kappa shape index (κ2) is 5.09. The van der Waals surface area contributed by atoms with E-state index in [2.05, 4.69) is 5.32 Å². The molecule has 74 valence electrons. The molecular formula is C6H11N3O4. The van der Waals surface area contributed by atoms with Crippen molar-refractivity contribution in [1.29, 1.82) is 0 Å². The molecule has 0 rings (SSSR count). The van der Waals surface area contributed by atoms with Gasteiger partial charge in [-0.1, -0.05) is 0 Å². The minimum atomic E-state index is -1.14. The largest absolute Gasteiger partial charge is 0.480 e. The third-order valence-electron chi connectivity index (χ3n) is 1.25. The Morgan fingerprint density at radius 2 is 1.85 bits per heavy atom. The van der Waals surface area contributed by atoms with E-state index < -0.39 is 30.4 Å². The van der Waals surface area contributed by atoms with Crippen molar-refractivity contribution in [2.75, 3.05) is 6.54 Å². The first-order chi connectivity index (χ1) is 5.93. The Morgan fingerprint density at radius 3 is 2.15 bits per heavy atom. The number of nitrogens with two attached hydrogens (primary N) is 2. The molecule has 2 amide bonds. The molecule has 0 aromatic carbocycles. The highest BCUT2D eigenvalue weighted by atomic mass is 16.4. The summed E-state index contributed by atoms with van der Waals surface area (Å²) >= 11 is 0. The van der Waals surface area contributed by atoms with Crippen molar-refractivity contribution in [3.8, 4) is 0 Å². The maximum Gasteiger partial charge on any atom is 0.317 e. The molecule has 0 fully saturated rings. The quantitative estimate of drug-likeness (QED) is 0.363. The summed E-state index contributed by atoms with van der Waals surface area (Å²) in [6, 6.07) is -1.02. The average Bonchev–Trinajstić information content (AvgIpc) is 1.96. The van der Waals surface area contributed by atoms with Gasteiger partial charge in [-0.15, -0.1) is 0 Å². The van der Waals surface area contributed by atoms with E-state index >= 15 is 0 Å². The lowest BCUT2D eigenvalue weighted by molar-refractivity contribution is -0.136. The van der Waals surface area contributed by atoms with Gasteiger partial charge in [-0.2, -0.15) is 0 Å². The molecule has 6 N–H and O–H groups in total. The van der Waals surface area contributed by atoms with Crippen LogP contribution in [0.4, 0.5) is 0 Å². The maximum absolute atomic E-state index is 10.6.